The molecule has 1 aromatic rings. The number of benzene rings is 1. The normalized spacial score (nSPS) is 23.7. The Labute approximate surface area is 154 Å². The zero-order valence-corrected chi connectivity index (χ0v) is 15.8. The molecule has 2 atom stereocenters. The molecule has 142 valence electrons. The highest BCUT2D eigenvalue weighted by atomic mass is 16.5. The molecule has 1 aromatic carbocycles. The summed E-state index contributed by atoms with van der Waals surface area (Å²) in [5, 5.41) is 2.87. The molecule has 2 aliphatic rings. The van der Waals surface area contributed by atoms with E-state index >= 15 is 0 Å². The van der Waals surface area contributed by atoms with Crippen LogP contribution < -0.4 is 10.1 Å². The van der Waals surface area contributed by atoms with Gasteiger partial charge in [0.05, 0.1) is 7.11 Å². The van der Waals surface area contributed by atoms with Gasteiger partial charge in [-0.2, -0.15) is 0 Å². The highest BCUT2D eigenvalue weighted by Crippen LogP contribution is 2.37. The number of rotatable bonds is 6. The summed E-state index contributed by atoms with van der Waals surface area (Å²) in [6.07, 6.45) is 2.41. The van der Waals surface area contributed by atoms with Crippen LogP contribution in [0.5, 0.6) is 5.75 Å². The molecule has 6 nitrogen and oxygen atoms in total. The molecular weight excluding hydrogens is 332 g/mol. The predicted molar refractivity (Wildman–Crippen MR) is 98.2 cm³/mol. The van der Waals surface area contributed by atoms with Crippen molar-refractivity contribution >= 4 is 11.9 Å². The Morgan fingerprint density at radius 2 is 1.92 bits per heavy atom. The van der Waals surface area contributed by atoms with Gasteiger partial charge in [-0.15, -0.1) is 0 Å². The summed E-state index contributed by atoms with van der Waals surface area (Å²) in [5.41, 5.74) is 0.844. The Bertz CT molecular complexity index is 652. The van der Waals surface area contributed by atoms with Gasteiger partial charge in [-0.25, -0.2) is 4.79 Å². The second-order valence-electron chi connectivity index (χ2n) is 7.36. The lowest BCUT2D eigenvalue weighted by Crippen LogP contribution is -2.47. The van der Waals surface area contributed by atoms with Crippen LogP contribution in [-0.2, 0) is 14.9 Å². The monoisotopic (exact) mass is 360 g/mol. The molecule has 3 amide bonds. The number of nitrogens with zero attached hydrogens (tertiary/aromatic N) is 1. The van der Waals surface area contributed by atoms with Gasteiger partial charge in [0.15, 0.2) is 0 Å². The Kier molecular flexibility index (Phi) is 5.51. The average molecular weight is 360 g/mol. The number of methoxy groups -OCH3 is 1. The fourth-order valence-electron chi connectivity index (χ4n) is 3.86. The maximum absolute atomic E-state index is 12.9. The zero-order valence-electron chi connectivity index (χ0n) is 15.8. The summed E-state index contributed by atoms with van der Waals surface area (Å²) in [5.74, 6) is 0.814. The van der Waals surface area contributed by atoms with Crippen LogP contribution in [0, 0.1) is 5.92 Å². The van der Waals surface area contributed by atoms with E-state index in [-0.39, 0.29) is 23.3 Å². The summed E-state index contributed by atoms with van der Waals surface area (Å²) < 4.78 is 10.8. The first-order valence-corrected chi connectivity index (χ1v) is 9.35. The van der Waals surface area contributed by atoms with E-state index in [1.54, 1.807) is 7.11 Å². The number of nitrogens with one attached hydrogen (secondary N) is 1. The van der Waals surface area contributed by atoms with Gasteiger partial charge >= 0.3 is 6.03 Å². The molecule has 0 radical (unpaired) electrons. The number of urea groups is 1. The summed E-state index contributed by atoms with van der Waals surface area (Å²) in [7, 11) is 1.64. The maximum Gasteiger partial charge on any atom is 0.324 e. The topological polar surface area (TPSA) is 67.9 Å². The van der Waals surface area contributed by atoms with Crippen molar-refractivity contribution in [3.63, 3.8) is 0 Å². The number of ether oxygens (including phenoxy) is 2. The third-order valence-electron chi connectivity index (χ3n) is 5.88. The SMILES string of the molecule is CC[C@H](C)[C@H]1NC(=O)N(CC2(c3ccc(OC)cc3)CCOCC2)C1=O. The second-order valence-corrected chi connectivity index (χ2v) is 7.36. The molecule has 0 aromatic heterocycles. The summed E-state index contributed by atoms with van der Waals surface area (Å²) in [6.45, 7) is 5.68. The van der Waals surface area contributed by atoms with E-state index in [9.17, 15) is 9.59 Å². The molecule has 2 aliphatic heterocycles. The number of amides is 3. The molecule has 2 heterocycles. The molecular formula is C20H28N2O4. The maximum atomic E-state index is 12.9. The standard InChI is InChI=1S/C20H28N2O4/c1-4-14(2)17-18(23)22(19(24)21-17)13-20(9-11-26-12-10-20)15-5-7-16(25-3)8-6-15/h5-8,14,17H,4,9-13H2,1-3H3,(H,21,24)/t14-,17+/m0/s1. The molecule has 0 saturated carbocycles. The fourth-order valence-corrected chi connectivity index (χ4v) is 3.86. The van der Waals surface area contributed by atoms with Gasteiger partial charge in [-0.3, -0.25) is 9.69 Å². The van der Waals surface area contributed by atoms with Gasteiger partial charge in [-0.1, -0.05) is 32.4 Å². The number of imide groups is 1. The van der Waals surface area contributed by atoms with Gasteiger partial charge in [0.2, 0.25) is 0 Å². The van der Waals surface area contributed by atoms with Crippen LogP contribution in [0.4, 0.5) is 4.79 Å². The number of hydrogen-bond acceptors (Lipinski definition) is 4. The first-order valence-electron chi connectivity index (χ1n) is 9.35. The number of carbonyl (C=O) groups excluding carboxylic acids is 2. The van der Waals surface area contributed by atoms with E-state index in [4.69, 9.17) is 9.47 Å². The van der Waals surface area contributed by atoms with E-state index in [0.717, 1.165) is 30.6 Å². The van der Waals surface area contributed by atoms with E-state index in [2.05, 4.69) is 5.32 Å². The van der Waals surface area contributed by atoms with Crippen molar-refractivity contribution < 1.29 is 19.1 Å². The first kappa shape index (κ1) is 18.7. The molecule has 6 heteroatoms. The van der Waals surface area contributed by atoms with Gasteiger partial charge in [-0.05, 0) is 36.5 Å². The minimum atomic E-state index is -0.416. The van der Waals surface area contributed by atoms with Crippen LogP contribution in [0.25, 0.3) is 0 Å². The molecule has 26 heavy (non-hydrogen) atoms. The van der Waals surface area contributed by atoms with Gasteiger partial charge in [0.25, 0.3) is 5.91 Å². The van der Waals surface area contributed by atoms with Crippen molar-refractivity contribution in [3.8, 4) is 5.75 Å². The van der Waals surface area contributed by atoms with Crippen LogP contribution in [0.3, 0.4) is 0 Å². The molecule has 0 unspecified atom stereocenters. The van der Waals surface area contributed by atoms with E-state index in [0.29, 0.717) is 19.8 Å². The van der Waals surface area contributed by atoms with Gasteiger partial charge in [0.1, 0.15) is 11.8 Å². The summed E-state index contributed by atoms with van der Waals surface area (Å²) >= 11 is 0. The third kappa shape index (κ3) is 3.43. The minimum absolute atomic E-state index is 0.108. The molecule has 2 fully saturated rings. The van der Waals surface area contributed by atoms with Gasteiger partial charge < -0.3 is 14.8 Å². The molecule has 0 aliphatic carbocycles. The zero-order chi connectivity index (χ0) is 18.7. The van der Waals surface area contributed by atoms with E-state index in [1.807, 2.05) is 38.1 Å². The molecule has 0 spiro atoms. The lowest BCUT2D eigenvalue weighted by molar-refractivity contribution is -0.129. The second kappa shape index (κ2) is 7.66. The molecule has 0 bridgehead atoms. The minimum Gasteiger partial charge on any atom is -0.497 e. The Balaban J connectivity index is 1.86. The quantitative estimate of drug-likeness (QED) is 0.792. The number of hydrogen-bond donors (Lipinski definition) is 1. The molecule has 2 saturated heterocycles. The molecule has 1 N–H and O–H groups in total. The lowest BCUT2D eigenvalue weighted by atomic mass is 9.73. The first-order chi connectivity index (χ1) is 12.5. The predicted octanol–water partition coefficient (Wildman–Crippen LogP) is 2.71. The summed E-state index contributed by atoms with van der Waals surface area (Å²) in [4.78, 5) is 26.8. The number of carbonyl (C=O) groups is 2. The van der Waals surface area contributed by atoms with Crippen molar-refractivity contribution in [2.45, 2.75) is 44.6 Å². The molecule has 3 rings (SSSR count). The van der Waals surface area contributed by atoms with Crippen LogP contribution in [-0.4, -0.2) is 49.7 Å². The van der Waals surface area contributed by atoms with Crippen LogP contribution in [0.15, 0.2) is 24.3 Å². The van der Waals surface area contributed by atoms with Crippen molar-refractivity contribution in [2.75, 3.05) is 26.9 Å². The summed E-state index contributed by atoms with van der Waals surface area (Å²) in [6, 6.07) is 7.24. The fraction of sp³-hybridized carbons (Fsp3) is 0.600. The third-order valence-corrected chi connectivity index (χ3v) is 5.88. The van der Waals surface area contributed by atoms with E-state index < -0.39 is 6.04 Å². The Morgan fingerprint density at radius 3 is 2.50 bits per heavy atom. The highest BCUT2D eigenvalue weighted by Gasteiger charge is 2.45. The van der Waals surface area contributed by atoms with Crippen LogP contribution in [0.1, 0.15) is 38.7 Å². The Morgan fingerprint density at radius 1 is 1.27 bits per heavy atom. The van der Waals surface area contributed by atoms with Crippen LogP contribution >= 0.6 is 0 Å². The largest absolute Gasteiger partial charge is 0.497 e. The Hall–Kier alpha value is -2.08. The van der Waals surface area contributed by atoms with Crippen LogP contribution in [0.2, 0.25) is 0 Å². The smallest absolute Gasteiger partial charge is 0.324 e. The van der Waals surface area contributed by atoms with Crippen molar-refractivity contribution in [3.05, 3.63) is 29.8 Å². The van der Waals surface area contributed by atoms with Crippen molar-refractivity contribution in [1.29, 1.82) is 0 Å². The average Bonchev–Trinajstić information content (AvgIpc) is 2.96. The lowest BCUT2D eigenvalue weighted by Gasteiger charge is -2.39. The van der Waals surface area contributed by atoms with Gasteiger partial charge in [0, 0.05) is 25.2 Å². The van der Waals surface area contributed by atoms with E-state index in [1.165, 1.54) is 4.90 Å². The van der Waals surface area contributed by atoms with Crippen molar-refractivity contribution in [1.82, 2.24) is 10.2 Å². The highest BCUT2D eigenvalue weighted by molar-refractivity contribution is 6.04. The van der Waals surface area contributed by atoms with Crippen molar-refractivity contribution in [2.24, 2.45) is 5.92 Å².